The van der Waals surface area contributed by atoms with Crippen molar-refractivity contribution in [1.82, 2.24) is 10.2 Å². The van der Waals surface area contributed by atoms with Gasteiger partial charge in [0.25, 0.3) is 0 Å². The van der Waals surface area contributed by atoms with Crippen molar-refractivity contribution in [2.75, 3.05) is 26.2 Å². The summed E-state index contributed by atoms with van der Waals surface area (Å²) in [5.74, 6) is 0. The lowest BCUT2D eigenvalue weighted by molar-refractivity contribution is 0.0384. The van der Waals surface area contributed by atoms with E-state index in [0.717, 1.165) is 44.6 Å². The van der Waals surface area contributed by atoms with Crippen LogP contribution in [-0.2, 0) is 11.3 Å². The van der Waals surface area contributed by atoms with E-state index in [1.807, 2.05) is 17.0 Å². The molecule has 2 aliphatic heterocycles. The van der Waals surface area contributed by atoms with Crippen LogP contribution in [0.1, 0.15) is 18.4 Å². The Balaban J connectivity index is 1.46. The summed E-state index contributed by atoms with van der Waals surface area (Å²) in [6, 6.07) is 7.36. The summed E-state index contributed by atoms with van der Waals surface area (Å²) in [4.78, 5) is 13.8. The minimum absolute atomic E-state index is 0.206. The fraction of sp³-hybridized carbons (Fsp3) is 0.533. The van der Waals surface area contributed by atoms with Gasteiger partial charge in [0.15, 0.2) is 0 Å². The second-order valence-corrected chi connectivity index (χ2v) is 6.21. The van der Waals surface area contributed by atoms with Crippen LogP contribution in [0.4, 0.5) is 4.79 Å². The van der Waals surface area contributed by atoms with Gasteiger partial charge in [0.1, 0.15) is 6.61 Å². The van der Waals surface area contributed by atoms with E-state index in [1.165, 1.54) is 0 Å². The summed E-state index contributed by atoms with van der Waals surface area (Å²) >= 11 is 5.82. The maximum absolute atomic E-state index is 12.0. The molecule has 0 radical (unpaired) electrons. The van der Waals surface area contributed by atoms with Crippen molar-refractivity contribution in [3.63, 3.8) is 0 Å². The molecule has 0 aromatic heterocycles. The number of piperidine rings is 1. The first kappa shape index (κ1) is 13.7. The van der Waals surface area contributed by atoms with E-state index in [0.29, 0.717) is 17.0 Å². The molecular weight excluding hydrogens is 276 g/mol. The summed E-state index contributed by atoms with van der Waals surface area (Å²) in [5, 5.41) is 4.01. The van der Waals surface area contributed by atoms with E-state index in [2.05, 4.69) is 5.32 Å². The number of ether oxygens (including phenoxy) is 1. The molecule has 1 N–H and O–H groups in total. The highest BCUT2D eigenvalue weighted by atomic mass is 35.5. The van der Waals surface area contributed by atoms with Gasteiger partial charge in [0.2, 0.25) is 0 Å². The van der Waals surface area contributed by atoms with Crippen molar-refractivity contribution in [2.24, 2.45) is 5.41 Å². The molecule has 0 atom stereocenters. The van der Waals surface area contributed by atoms with Gasteiger partial charge in [-0.15, -0.1) is 0 Å². The Morgan fingerprint density at radius 2 is 1.90 bits per heavy atom. The Kier molecular flexibility index (Phi) is 3.85. The van der Waals surface area contributed by atoms with E-state index >= 15 is 0 Å². The maximum Gasteiger partial charge on any atom is 0.410 e. The van der Waals surface area contributed by atoms with Crippen molar-refractivity contribution in [3.8, 4) is 0 Å². The lowest BCUT2D eigenvalue weighted by Crippen LogP contribution is -2.58. The Hall–Kier alpha value is -1.26. The number of carbonyl (C=O) groups is 1. The topological polar surface area (TPSA) is 41.6 Å². The van der Waals surface area contributed by atoms with Gasteiger partial charge in [0.05, 0.1) is 0 Å². The zero-order valence-corrected chi connectivity index (χ0v) is 12.2. The van der Waals surface area contributed by atoms with Gasteiger partial charge < -0.3 is 15.0 Å². The molecule has 1 amide bonds. The van der Waals surface area contributed by atoms with Gasteiger partial charge >= 0.3 is 6.09 Å². The average molecular weight is 295 g/mol. The second kappa shape index (κ2) is 5.62. The Morgan fingerprint density at radius 3 is 2.45 bits per heavy atom. The van der Waals surface area contributed by atoms with Crippen molar-refractivity contribution >= 4 is 17.7 Å². The molecule has 0 unspecified atom stereocenters. The third-order valence-electron chi connectivity index (χ3n) is 4.36. The van der Waals surface area contributed by atoms with Crippen LogP contribution in [0, 0.1) is 5.41 Å². The Bertz CT molecular complexity index is 475. The standard InChI is InChI=1S/C15H19ClN2O2/c16-13-3-1-12(2-4-13)9-20-14(19)18-7-5-15(6-8-18)10-17-11-15/h1-4,17H,5-11H2. The van der Waals surface area contributed by atoms with E-state index in [9.17, 15) is 4.79 Å². The summed E-state index contributed by atoms with van der Waals surface area (Å²) in [5.41, 5.74) is 1.41. The van der Waals surface area contributed by atoms with Gasteiger partial charge in [-0.1, -0.05) is 23.7 Å². The smallest absolute Gasteiger partial charge is 0.410 e. The highest BCUT2D eigenvalue weighted by Gasteiger charge is 2.40. The molecule has 0 saturated carbocycles. The molecule has 1 aromatic carbocycles. The number of halogens is 1. The number of rotatable bonds is 2. The molecule has 0 bridgehead atoms. The molecule has 20 heavy (non-hydrogen) atoms. The molecule has 1 aromatic rings. The van der Waals surface area contributed by atoms with E-state index in [4.69, 9.17) is 16.3 Å². The zero-order valence-electron chi connectivity index (χ0n) is 11.4. The molecule has 3 rings (SSSR count). The van der Waals surface area contributed by atoms with Crippen LogP contribution in [-0.4, -0.2) is 37.2 Å². The number of carbonyl (C=O) groups excluding carboxylic acids is 1. The van der Waals surface area contributed by atoms with Crippen LogP contribution in [0.25, 0.3) is 0 Å². The van der Waals surface area contributed by atoms with Gasteiger partial charge in [-0.25, -0.2) is 4.79 Å². The third-order valence-corrected chi connectivity index (χ3v) is 4.61. The highest BCUT2D eigenvalue weighted by molar-refractivity contribution is 6.30. The quantitative estimate of drug-likeness (QED) is 0.912. The molecule has 108 valence electrons. The number of hydrogen-bond acceptors (Lipinski definition) is 3. The monoisotopic (exact) mass is 294 g/mol. The van der Waals surface area contributed by atoms with Crippen molar-refractivity contribution in [3.05, 3.63) is 34.9 Å². The number of nitrogens with zero attached hydrogens (tertiary/aromatic N) is 1. The number of hydrogen-bond donors (Lipinski definition) is 1. The van der Waals surface area contributed by atoms with Crippen molar-refractivity contribution in [1.29, 1.82) is 0 Å². The molecular formula is C15H19ClN2O2. The molecule has 1 spiro atoms. The number of likely N-dealkylation sites (tertiary alicyclic amines) is 1. The van der Waals surface area contributed by atoms with Crippen molar-refractivity contribution < 1.29 is 9.53 Å². The van der Waals surface area contributed by atoms with E-state index < -0.39 is 0 Å². The van der Waals surface area contributed by atoms with Crippen LogP contribution >= 0.6 is 11.6 Å². The highest BCUT2D eigenvalue weighted by Crippen LogP contribution is 2.35. The Morgan fingerprint density at radius 1 is 1.25 bits per heavy atom. The van der Waals surface area contributed by atoms with Gasteiger partial charge in [-0.3, -0.25) is 0 Å². The lowest BCUT2D eigenvalue weighted by atomic mass is 9.73. The number of nitrogens with one attached hydrogen (secondary N) is 1. The zero-order chi connectivity index (χ0) is 14.0. The normalized spacial score (nSPS) is 20.6. The SMILES string of the molecule is O=C(OCc1ccc(Cl)cc1)N1CCC2(CC1)CNC2. The van der Waals surface area contributed by atoms with Crippen LogP contribution in [0.15, 0.2) is 24.3 Å². The molecule has 2 saturated heterocycles. The first-order chi connectivity index (χ1) is 9.67. The van der Waals surface area contributed by atoms with Crippen LogP contribution in [0.5, 0.6) is 0 Å². The fourth-order valence-electron chi connectivity index (χ4n) is 2.81. The first-order valence-electron chi connectivity index (χ1n) is 7.04. The second-order valence-electron chi connectivity index (χ2n) is 5.77. The fourth-order valence-corrected chi connectivity index (χ4v) is 2.94. The number of benzene rings is 1. The predicted octanol–water partition coefficient (Wildman–Crippen LogP) is 2.66. The predicted molar refractivity (Wildman–Crippen MR) is 77.7 cm³/mol. The summed E-state index contributed by atoms with van der Waals surface area (Å²) < 4.78 is 5.36. The molecule has 5 heteroatoms. The van der Waals surface area contributed by atoms with E-state index in [-0.39, 0.29) is 6.09 Å². The largest absolute Gasteiger partial charge is 0.445 e. The van der Waals surface area contributed by atoms with Gasteiger partial charge in [0, 0.05) is 31.2 Å². The lowest BCUT2D eigenvalue weighted by Gasteiger charge is -2.48. The minimum Gasteiger partial charge on any atom is -0.445 e. The molecule has 4 nitrogen and oxygen atoms in total. The average Bonchev–Trinajstić information content (AvgIpc) is 2.45. The first-order valence-corrected chi connectivity index (χ1v) is 7.42. The minimum atomic E-state index is -0.206. The molecule has 2 aliphatic rings. The van der Waals surface area contributed by atoms with Gasteiger partial charge in [-0.2, -0.15) is 0 Å². The molecule has 2 fully saturated rings. The molecule has 0 aliphatic carbocycles. The molecule has 2 heterocycles. The number of amides is 1. The van der Waals surface area contributed by atoms with Crippen LogP contribution in [0.3, 0.4) is 0 Å². The van der Waals surface area contributed by atoms with Crippen LogP contribution in [0.2, 0.25) is 5.02 Å². The van der Waals surface area contributed by atoms with Gasteiger partial charge in [-0.05, 0) is 36.0 Å². The Labute approximate surface area is 124 Å². The van der Waals surface area contributed by atoms with E-state index in [1.54, 1.807) is 12.1 Å². The summed E-state index contributed by atoms with van der Waals surface area (Å²) in [6.07, 6.45) is 1.95. The van der Waals surface area contributed by atoms with Crippen molar-refractivity contribution in [2.45, 2.75) is 19.4 Å². The summed E-state index contributed by atoms with van der Waals surface area (Å²) in [6.45, 7) is 4.11. The maximum atomic E-state index is 12.0. The summed E-state index contributed by atoms with van der Waals surface area (Å²) in [7, 11) is 0. The third kappa shape index (κ3) is 2.91. The van der Waals surface area contributed by atoms with Crippen LogP contribution < -0.4 is 5.32 Å².